The molecule has 6 nitrogen and oxygen atoms in total. The van der Waals surface area contributed by atoms with Crippen molar-refractivity contribution in [3.8, 4) is 0 Å². The quantitative estimate of drug-likeness (QED) is 0.879. The fourth-order valence-electron chi connectivity index (χ4n) is 3.34. The Morgan fingerprint density at radius 3 is 2.33 bits per heavy atom. The van der Waals surface area contributed by atoms with Crippen molar-refractivity contribution >= 4 is 11.9 Å². The summed E-state index contributed by atoms with van der Waals surface area (Å²) in [6, 6.07) is 1.33. The highest BCUT2D eigenvalue weighted by Gasteiger charge is 2.30. The number of hydrogen-bond acceptors (Lipinski definition) is 6. The molecule has 1 saturated heterocycles. The third kappa shape index (κ3) is 2.95. The van der Waals surface area contributed by atoms with Gasteiger partial charge in [0.1, 0.15) is 5.82 Å². The van der Waals surface area contributed by atoms with Crippen molar-refractivity contribution in [1.29, 1.82) is 0 Å². The summed E-state index contributed by atoms with van der Waals surface area (Å²) < 4.78 is 0. The summed E-state index contributed by atoms with van der Waals surface area (Å²) in [5.74, 6) is 2.40. The third-order valence-corrected chi connectivity index (χ3v) is 5.07. The number of piperidine rings is 1. The van der Waals surface area contributed by atoms with E-state index in [9.17, 15) is 0 Å². The van der Waals surface area contributed by atoms with Crippen LogP contribution in [0, 0.1) is 0 Å². The van der Waals surface area contributed by atoms with Crippen LogP contribution in [0.25, 0.3) is 0 Å². The topological polar surface area (TPSA) is 80.0 Å². The van der Waals surface area contributed by atoms with Crippen LogP contribution in [-0.2, 0) is 0 Å². The lowest BCUT2D eigenvalue weighted by Gasteiger charge is -2.41. The molecule has 2 saturated carbocycles. The van der Waals surface area contributed by atoms with Gasteiger partial charge in [-0.1, -0.05) is 6.42 Å². The number of rotatable bonds is 4. The molecule has 0 radical (unpaired) electrons. The van der Waals surface area contributed by atoms with Gasteiger partial charge in [-0.3, -0.25) is 0 Å². The van der Waals surface area contributed by atoms with Crippen molar-refractivity contribution in [3.05, 3.63) is 5.82 Å². The van der Waals surface area contributed by atoms with E-state index in [4.69, 9.17) is 5.73 Å². The van der Waals surface area contributed by atoms with Gasteiger partial charge in [-0.15, -0.1) is 0 Å². The van der Waals surface area contributed by atoms with Crippen LogP contribution in [0.5, 0.6) is 0 Å². The summed E-state index contributed by atoms with van der Waals surface area (Å²) >= 11 is 0. The molecule has 1 aliphatic heterocycles. The van der Waals surface area contributed by atoms with Crippen LogP contribution in [0.4, 0.5) is 11.9 Å². The highest BCUT2D eigenvalue weighted by molar-refractivity contribution is 5.33. The van der Waals surface area contributed by atoms with Gasteiger partial charge in [0.05, 0.1) is 0 Å². The first-order chi connectivity index (χ1) is 10.3. The molecule has 1 aromatic rings. The molecule has 3 fully saturated rings. The summed E-state index contributed by atoms with van der Waals surface area (Å²) in [6.07, 6.45) is 8.91. The first-order valence-electron chi connectivity index (χ1n) is 8.30. The molecule has 114 valence electrons. The number of anilines is 2. The van der Waals surface area contributed by atoms with Crippen LogP contribution in [0.3, 0.4) is 0 Å². The van der Waals surface area contributed by atoms with Gasteiger partial charge in [-0.05, 0) is 38.5 Å². The minimum Gasteiger partial charge on any atom is -0.368 e. The Labute approximate surface area is 125 Å². The van der Waals surface area contributed by atoms with Gasteiger partial charge in [0.15, 0.2) is 0 Å². The van der Waals surface area contributed by atoms with Crippen molar-refractivity contribution in [2.45, 2.75) is 62.9 Å². The van der Waals surface area contributed by atoms with Gasteiger partial charge in [0, 0.05) is 31.1 Å². The Hall–Kier alpha value is -1.43. The Morgan fingerprint density at radius 2 is 1.71 bits per heavy atom. The summed E-state index contributed by atoms with van der Waals surface area (Å²) in [5.41, 5.74) is 5.81. The summed E-state index contributed by atoms with van der Waals surface area (Å²) in [4.78, 5) is 15.7. The maximum Gasteiger partial charge on any atom is 0.227 e. The number of nitrogen functional groups attached to an aromatic ring is 1. The predicted molar refractivity (Wildman–Crippen MR) is 82.1 cm³/mol. The van der Waals surface area contributed by atoms with E-state index >= 15 is 0 Å². The smallest absolute Gasteiger partial charge is 0.227 e. The summed E-state index contributed by atoms with van der Waals surface area (Å²) in [5, 5.41) is 3.47. The molecular formula is C15H24N6. The van der Waals surface area contributed by atoms with Crippen LogP contribution in [0.1, 0.15) is 56.7 Å². The summed E-state index contributed by atoms with van der Waals surface area (Å²) in [6.45, 7) is 2.39. The Bertz CT molecular complexity index is 503. The lowest BCUT2D eigenvalue weighted by molar-refractivity contribution is 0.101. The van der Waals surface area contributed by atoms with Gasteiger partial charge in [0.2, 0.25) is 11.9 Å². The van der Waals surface area contributed by atoms with Crippen LogP contribution in [-0.4, -0.2) is 45.0 Å². The number of nitrogens with zero attached hydrogens (tertiary/aromatic N) is 4. The van der Waals surface area contributed by atoms with E-state index in [2.05, 4.69) is 25.2 Å². The molecule has 0 aromatic carbocycles. The third-order valence-electron chi connectivity index (χ3n) is 5.07. The highest BCUT2D eigenvalue weighted by atomic mass is 15.2. The van der Waals surface area contributed by atoms with Crippen molar-refractivity contribution in [2.75, 3.05) is 24.1 Å². The first kappa shape index (κ1) is 13.2. The van der Waals surface area contributed by atoms with Crippen molar-refractivity contribution in [1.82, 2.24) is 19.9 Å². The van der Waals surface area contributed by atoms with Crippen molar-refractivity contribution < 1.29 is 0 Å². The van der Waals surface area contributed by atoms with E-state index in [1.54, 1.807) is 0 Å². The van der Waals surface area contributed by atoms with Crippen molar-refractivity contribution in [2.24, 2.45) is 0 Å². The predicted octanol–water partition coefficient (Wildman–Crippen LogP) is 1.76. The summed E-state index contributed by atoms with van der Waals surface area (Å²) in [7, 11) is 0. The number of likely N-dealkylation sites (tertiary alicyclic amines) is 1. The minimum absolute atomic E-state index is 0.348. The average molecular weight is 288 g/mol. The van der Waals surface area contributed by atoms with Crippen LogP contribution in [0.15, 0.2) is 0 Å². The Balaban J connectivity index is 1.35. The number of nitrogens with two attached hydrogens (primary N) is 1. The van der Waals surface area contributed by atoms with Crippen LogP contribution < -0.4 is 11.1 Å². The van der Waals surface area contributed by atoms with Gasteiger partial charge in [-0.2, -0.15) is 15.0 Å². The standard InChI is InChI=1S/C15H24N6/c16-14-18-13(10-4-5-10)19-15(20-14)17-11-6-8-21(9-7-11)12-2-1-3-12/h10-12H,1-9H2,(H3,16,17,18,19,20). The molecule has 21 heavy (non-hydrogen) atoms. The number of aromatic nitrogens is 3. The second-order valence-electron chi connectivity index (χ2n) is 6.69. The first-order valence-corrected chi connectivity index (χ1v) is 8.30. The fourth-order valence-corrected chi connectivity index (χ4v) is 3.34. The lowest BCUT2D eigenvalue weighted by atomic mass is 9.89. The van der Waals surface area contributed by atoms with E-state index in [1.165, 1.54) is 58.0 Å². The van der Waals surface area contributed by atoms with Gasteiger partial charge >= 0.3 is 0 Å². The Morgan fingerprint density at radius 1 is 0.952 bits per heavy atom. The van der Waals surface area contributed by atoms with E-state index in [-0.39, 0.29) is 0 Å². The number of hydrogen-bond donors (Lipinski definition) is 2. The van der Waals surface area contributed by atoms with Crippen LogP contribution in [0.2, 0.25) is 0 Å². The van der Waals surface area contributed by atoms with Gasteiger partial charge < -0.3 is 16.0 Å². The maximum atomic E-state index is 5.81. The molecule has 4 rings (SSSR count). The molecule has 6 heteroatoms. The molecular weight excluding hydrogens is 264 g/mol. The van der Waals surface area contributed by atoms with Crippen LogP contribution >= 0.6 is 0 Å². The van der Waals surface area contributed by atoms with E-state index in [1.807, 2.05) is 0 Å². The average Bonchev–Trinajstić information content (AvgIpc) is 3.22. The molecule has 3 aliphatic rings. The molecule has 0 atom stereocenters. The van der Waals surface area contributed by atoms with Gasteiger partial charge in [0.25, 0.3) is 0 Å². The molecule has 0 bridgehead atoms. The largest absolute Gasteiger partial charge is 0.368 e. The Kier molecular flexibility index (Phi) is 3.41. The fraction of sp³-hybridized carbons (Fsp3) is 0.800. The zero-order valence-electron chi connectivity index (χ0n) is 12.5. The zero-order chi connectivity index (χ0) is 14.2. The highest BCUT2D eigenvalue weighted by Crippen LogP contribution is 2.38. The minimum atomic E-state index is 0.348. The van der Waals surface area contributed by atoms with E-state index in [0.29, 0.717) is 23.9 Å². The zero-order valence-corrected chi connectivity index (χ0v) is 12.5. The number of nitrogens with one attached hydrogen (secondary N) is 1. The molecule has 0 spiro atoms. The second-order valence-corrected chi connectivity index (χ2v) is 6.69. The second kappa shape index (κ2) is 5.40. The van der Waals surface area contributed by atoms with Crippen molar-refractivity contribution in [3.63, 3.8) is 0 Å². The normalized spacial score (nSPS) is 24.8. The molecule has 1 aromatic heterocycles. The molecule has 3 N–H and O–H groups in total. The SMILES string of the molecule is Nc1nc(NC2CCN(C3CCC3)CC2)nc(C2CC2)n1. The maximum absolute atomic E-state index is 5.81. The molecule has 0 amide bonds. The van der Waals surface area contributed by atoms with Gasteiger partial charge in [-0.25, -0.2) is 0 Å². The van der Waals surface area contributed by atoms with E-state index < -0.39 is 0 Å². The molecule has 2 aliphatic carbocycles. The van der Waals surface area contributed by atoms with E-state index in [0.717, 1.165) is 11.9 Å². The molecule has 2 heterocycles. The lowest BCUT2D eigenvalue weighted by Crippen LogP contribution is -2.47. The molecule has 0 unspecified atom stereocenters. The monoisotopic (exact) mass is 288 g/mol.